The van der Waals surface area contributed by atoms with E-state index >= 15 is 0 Å². The molecular formula is C31H37Cl2N3O4S. The van der Waals surface area contributed by atoms with Crippen LogP contribution < -0.4 is 9.62 Å². The molecule has 7 nitrogen and oxygen atoms in total. The van der Waals surface area contributed by atoms with Gasteiger partial charge in [0, 0.05) is 34.1 Å². The van der Waals surface area contributed by atoms with Crippen molar-refractivity contribution in [2.75, 3.05) is 17.1 Å². The highest BCUT2D eigenvalue weighted by Gasteiger charge is 2.35. The van der Waals surface area contributed by atoms with Crippen LogP contribution in [0.1, 0.15) is 43.0 Å². The number of halogens is 2. The van der Waals surface area contributed by atoms with E-state index in [1.807, 2.05) is 71.0 Å². The lowest BCUT2D eigenvalue weighted by Gasteiger charge is -2.35. The molecule has 0 bridgehead atoms. The van der Waals surface area contributed by atoms with Gasteiger partial charge in [-0.25, -0.2) is 8.42 Å². The average molecular weight is 619 g/mol. The molecule has 0 spiro atoms. The second-order valence-electron chi connectivity index (χ2n) is 11.3. The number of sulfonamides is 1. The van der Waals surface area contributed by atoms with Gasteiger partial charge < -0.3 is 10.2 Å². The van der Waals surface area contributed by atoms with Crippen LogP contribution in [0.4, 0.5) is 5.69 Å². The number of nitrogens with one attached hydrogen (secondary N) is 1. The molecule has 0 fully saturated rings. The predicted octanol–water partition coefficient (Wildman–Crippen LogP) is 5.93. The van der Waals surface area contributed by atoms with Crippen molar-refractivity contribution in [1.82, 2.24) is 10.2 Å². The van der Waals surface area contributed by atoms with E-state index in [4.69, 9.17) is 23.2 Å². The topological polar surface area (TPSA) is 86.8 Å². The molecule has 0 saturated carbocycles. The molecule has 0 aliphatic heterocycles. The SMILES string of the molecule is Cc1cc(C)cc(N(CC(=O)N(Cc2c(Cl)cccc2Cl)C(Cc2ccccc2)C(=O)NC(C)(C)C)S(C)(=O)=O)c1. The second-order valence-corrected chi connectivity index (χ2v) is 14.0. The van der Waals surface area contributed by atoms with E-state index in [2.05, 4.69) is 5.32 Å². The summed E-state index contributed by atoms with van der Waals surface area (Å²) in [6, 6.07) is 18.7. The maximum Gasteiger partial charge on any atom is 0.244 e. The van der Waals surface area contributed by atoms with E-state index < -0.39 is 34.1 Å². The minimum Gasteiger partial charge on any atom is -0.350 e. The zero-order valence-electron chi connectivity index (χ0n) is 24.2. The van der Waals surface area contributed by atoms with E-state index in [-0.39, 0.29) is 18.9 Å². The van der Waals surface area contributed by atoms with Gasteiger partial charge in [-0.05, 0) is 75.6 Å². The third kappa shape index (κ3) is 9.21. The molecule has 3 aromatic carbocycles. The van der Waals surface area contributed by atoms with Crippen LogP contribution in [0.25, 0.3) is 0 Å². The normalized spacial score (nSPS) is 12.5. The summed E-state index contributed by atoms with van der Waals surface area (Å²) in [5, 5.41) is 3.65. The molecular weight excluding hydrogens is 581 g/mol. The van der Waals surface area contributed by atoms with Gasteiger partial charge in [0.25, 0.3) is 0 Å². The van der Waals surface area contributed by atoms with Crippen LogP contribution in [0.15, 0.2) is 66.7 Å². The Morgan fingerprint density at radius 3 is 1.98 bits per heavy atom. The number of hydrogen-bond acceptors (Lipinski definition) is 4. The van der Waals surface area contributed by atoms with Crippen LogP contribution in [0.2, 0.25) is 10.0 Å². The van der Waals surface area contributed by atoms with Crippen molar-refractivity contribution in [1.29, 1.82) is 0 Å². The minimum atomic E-state index is -3.87. The molecule has 0 heterocycles. The molecule has 1 N–H and O–H groups in total. The highest BCUT2D eigenvalue weighted by Crippen LogP contribution is 2.28. The Hall–Kier alpha value is -3.07. The van der Waals surface area contributed by atoms with Gasteiger partial charge in [-0.3, -0.25) is 13.9 Å². The number of benzene rings is 3. The van der Waals surface area contributed by atoms with Crippen molar-refractivity contribution in [2.45, 2.75) is 59.2 Å². The first kappa shape index (κ1) is 32.4. The fourth-order valence-electron chi connectivity index (χ4n) is 4.57. The van der Waals surface area contributed by atoms with Crippen LogP contribution in [0, 0.1) is 13.8 Å². The van der Waals surface area contributed by atoms with Crippen LogP contribution >= 0.6 is 23.2 Å². The van der Waals surface area contributed by atoms with E-state index in [0.717, 1.165) is 27.3 Å². The zero-order chi connectivity index (χ0) is 30.5. The summed E-state index contributed by atoms with van der Waals surface area (Å²) in [5.74, 6) is -0.953. The highest BCUT2D eigenvalue weighted by molar-refractivity contribution is 7.92. The van der Waals surface area contributed by atoms with Crippen LogP contribution in [-0.2, 0) is 32.6 Å². The molecule has 41 heavy (non-hydrogen) atoms. The monoisotopic (exact) mass is 617 g/mol. The summed E-state index contributed by atoms with van der Waals surface area (Å²) in [4.78, 5) is 29.4. The molecule has 2 amide bonds. The number of carbonyl (C=O) groups is 2. The summed E-state index contributed by atoms with van der Waals surface area (Å²) in [7, 11) is -3.87. The Balaban J connectivity index is 2.14. The van der Waals surface area contributed by atoms with Crippen LogP contribution in [-0.4, -0.2) is 49.5 Å². The molecule has 3 rings (SSSR count). The quantitative estimate of drug-likeness (QED) is 0.305. The smallest absolute Gasteiger partial charge is 0.244 e. The Kier molecular flexibility index (Phi) is 10.5. The van der Waals surface area contributed by atoms with E-state index in [1.165, 1.54) is 4.90 Å². The number of amides is 2. The summed E-state index contributed by atoms with van der Waals surface area (Å²) in [6.07, 6.45) is 1.25. The van der Waals surface area contributed by atoms with Gasteiger partial charge in [-0.1, -0.05) is 65.7 Å². The molecule has 10 heteroatoms. The fraction of sp³-hybridized carbons (Fsp3) is 0.355. The van der Waals surface area contributed by atoms with Crippen molar-refractivity contribution in [3.63, 3.8) is 0 Å². The fourth-order valence-corrected chi connectivity index (χ4v) is 5.92. The first-order chi connectivity index (χ1) is 19.0. The van der Waals surface area contributed by atoms with Gasteiger partial charge in [0.05, 0.1) is 11.9 Å². The molecule has 0 saturated heterocycles. The summed E-state index contributed by atoms with van der Waals surface area (Å²) >= 11 is 13.0. The number of hydrogen-bond donors (Lipinski definition) is 1. The first-order valence-corrected chi connectivity index (χ1v) is 15.8. The Bertz CT molecular complexity index is 1460. The van der Waals surface area contributed by atoms with Crippen molar-refractivity contribution in [3.05, 3.63) is 99.0 Å². The predicted molar refractivity (Wildman–Crippen MR) is 167 cm³/mol. The van der Waals surface area contributed by atoms with Crippen molar-refractivity contribution < 1.29 is 18.0 Å². The number of anilines is 1. The van der Waals surface area contributed by atoms with Crippen molar-refractivity contribution in [2.24, 2.45) is 0 Å². The number of carbonyl (C=O) groups excluding carboxylic acids is 2. The lowest BCUT2D eigenvalue weighted by Crippen LogP contribution is -2.56. The summed E-state index contributed by atoms with van der Waals surface area (Å²) < 4.78 is 27.1. The van der Waals surface area contributed by atoms with E-state index in [0.29, 0.717) is 21.3 Å². The summed E-state index contributed by atoms with van der Waals surface area (Å²) in [5.41, 5.74) is 2.79. The van der Waals surface area contributed by atoms with Gasteiger partial charge in [-0.2, -0.15) is 0 Å². The molecule has 0 aromatic heterocycles. The number of nitrogens with zero attached hydrogens (tertiary/aromatic N) is 2. The van der Waals surface area contributed by atoms with Gasteiger partial charge in [-0.15, -0.1) is 0 Å². The van der Waals surface area contributed by atoms with Gasteiger partial charge >= 0.3 is 0 Å². The highest BCUT2D eigenvalue weighted by atomic mass is 35.5. The zero-order valence-corrected chi connectivity index (χ0v) is 26.6. The van der Waals surface area contributed by atoms with Crippen molar-refractivity contribution >= 4 is 50.7 Å². The molecule has 0 aliphatic carbocycles. The second kappa shape index (κ2) is 13.3. The lowest BCUT2D eigenvalue weighted by molar-refractivity contribution is -0.140. The summed E-state index contributed by atoms with van der Waals surface area (Å²) in [6.45, 7) is 8.66. The molecule has 220 valence electrons. The Labute approximate surface area is 253 Å². The Morgan fingerprint density at radius 1 is 0.902 bits per heavy atom. The van der Waals surface area contributed by atoms with Gasteiger partial charge in [0.1, 0.15) is 12.6 Å². The van der Waals surface area contributed by atoms with Crippen LogP contribution in [0.5, 0.6) is 0 Å². The van der Waals surface area contributed by atoms with Crippen LogP contribution in [0.3, 0.4) is 0 Å². The van der Waals surface area contributed by atoms with E-state index in [1.54, 1.807) is 30.3 Å². The Morgan fingerprint density at radius 2 is 1.46 bits per heavy atom. The van der Waals surface area contributed by atoms with Gasteiger partial charge in [0.2, 0.25) is 21.8 Å². The van der Waals surface area contributed by atoms with Crippen molar-refractivity contribution in [3.8, 4) is 0 Å². The van der Waals surface area contributed by atoms with E-state index in [9.17, 15) is 18.0 Å². The molecule has 3 aromatic rings. The maximum atomic E-state index is 14.2. The third-order valence-electron chi connectivity index (χ3n) is 6.33. The first-order valence-electron chi connectivity index (χ1n) is 13.2. The minimum absolute atomic E-state index is 0.100. The average Bonchev–Trinajstić information content (AvgIpc) is 2.84. The number of aryl methyl sites for hydroxylation is 2. The molecule has 0 aliphatic rings. The third-order valence-corrected chi connectivity index (χ3v) is 8.18. The lowest BCUT2D eigenvalue weighted by atomic mass is 10.0. The molecule has 1 unspecified atom stereocenters. The molecule has 1 atom stereocenters. The maximum absolute atomic E-state index is 14.2. The largest absolute Gasteiger partial charge is 0.350 e. The molecule has 0 radical (unpaired) electrons. The number of rotatable bonds is 10. The standard InChI is InChI=1S/C31H37Cl2N3O4S/c1-21-15-22(2)17-24(16-21)36(41(6,39)40)20-29(37)35(19-25-26(32)13-10-14-27(25)33)28(30(38)34-31(3,4)5)18-23-11-8-7-9-12-23/h7-17,28H,18-20H2,1-6H3,(H,34,38). The van der Waals surface area contributed by atoms with Gasteiger partial charge in [0.15, 0.2) is 0 Å².